The highest BCUT2D eigenvalue weighted by molar-refractivity contribution is 7.09. The van der Waals surface area contributed by atoms with E-state index in [1.54, 1.807) is 11.3 Å². The monoisotopic (exact) mass is 182 g/mol. The van der Waals surface area contributed by atoms with Crippen LogP contribution in [0.25, 0.3) is 0 Å². The Morgan fingerprint density at radius 2 is 2.42 bits per heavy atom. The Kier molecular flexibility index (Phi) is 2.79. The van der Waals surface area contributed by atoms with Crippen LogP contribution in [0.1, 0.15) is 24.1 Å². The van der Waals surface area contributed by atoms with E-state index in [4.69, 9.17) is 4.74 Å². The number of rotatable bonds is 4. The van der Waals surface area contributed by atoms with Gasteiger partial charge in [-0.05, 0) is 30.2 Å². The van der Waals surface area contributed by atoms with Crippen LogP contribution in [-0.2, 0) is 11.3 Å². The molecule has 1 nitrogen and oxygen atoms in total. The Morgan fingerprint density at radius 1 is 1.50 bits per heavy atom. The maximum Gasteiger partial charge on any atom is 0.0809 e. The third-order valence-corrected chi connectivity index (χ3v) is 3.25. The summed E-state index contributed by atoms with van der Waals surface area (Å²) in [6.45, 7) is 1.78. The van der Waals surface area contributed by atoms with E-state index in [2.05, 4.69) is 17.5 Å². The van der Waals surface area contributed by atoms with Crippen molar-refractivity contribution < 1.29 is 4.74 Å². The minimum atomic E-state index is 0.814. The van der Waals surface area contributed by atoms with Gasteiger partial charge in [0, 0.05) is 11.5 Å². The zero-order valence-electron chi connectivity index (χ0n) is 7.16. The molecule has 0 saturated heterocycles. The summed E-state index contributed by atoms with van der Waals surface area (Å²) in [6, 6.07) is 4.21. The third-order valence-electron chi connectivity index (χ3n) is 2.40. The van der Waals surface area contributed by atoms with Crippen LogP contribution in [0, 0.1) is 5.92 Å². The van der Waals surface area contributed by atoms with Crippen LogP contribution in [0.15, 0.2) is 17.5 Å². The van der Waals surface area contributed by atoms with Gasteiger partial charge in [-0.15, -0.1) is 11.3 Å². The van der Waals surface area contributed by atoms with Crippen LogP contribution < -0.4 is 0 Å². The summed E-state index contributed by atoms with van der Waals surface area (Å²) in [5.41, 5.74) is 0. The van der Waals surface area contributed by atoms with Gasteiger partial charge in [0.05, 0.1) is 6.61 Å². The molecule has 0 atom stereocenters. The van der Waals surface area contributed by atoms with Crippen molar-refractivity contribution in [2.24, 2.45) is 5.92 Å². The molecule has 1 saturated carbocycles. The van der Waals surface area contributed by atoms with Crippen molar-refractivity contribution in [1.29, 1.82) is 0 Å². The maximum absolute atomic E-state index is 5.59. The quantitative estimate of drug-likeness (QED) is 0.695. The summed E-state index contributed by atoms with van der Waals surface area (Å²) in [4.78, 5) is 1.34. The van der Waals surface area contributed by atoms with E-state index >= 15 is 0 Å². The summed E-state index contributed by atoms with van der Waals surface area (Å²) >= 11 is 1.78. The number of hydrogen-bond acceptors (Lipinski definition) is 2. The van der Waals surface area contributed by atoms with E-state index in [9.17, 15) is 0 Å². The second-order valence-electron chi connectivity index (χ2n) is 3.39. The molecule has 2 heteroatoms. The van der Waals surface area contributed by atoms with Crippen molar-refractivity contribution in [2.45, 2.75) is 25.9 Å². The van der Waals surface area contributed by atoms with E-state index in [1.807, 2.05) is 0 Å². The minimum absolute atomic E-state index is 0.814. The van der Waals surface area contributed by atoms with Gasteiger partial charge in [-0.1, -0.05) is 12.5 Å². The molecule has 1 aliphatic rings. The van der Waals surface area contributed by atoms with E-state index in [1.165, 1.54) is 24.1 Å². The largest absolute Gasteiger partial charge is 0.376 e. The first-order valence-corrected chi connectivity index (χ1v) is 5.43. The zero-order chi connectivity index (χ0) is 8.23. The first kappa shape index (κ1) is 8.27. The van der Waals surface area contributed by atoms with Crippen molar-refractivity contribution in [3.05, 3.63) is 22.4 Å². The van der Waals surface area contributed by atoms with Crippen LogP contribution in [-0.4, -0.2) is 6.61 Å². The second-order valence-corrected chi connectivity index (χ2v) is 4.42. The topological polar surface area (TPSA) is 9.23 Å². The normalized spacial score (nSPS) is 17.7. The average molecular weight is 182 g/mol. The smallest absolute Gasteiger partial charge is 0.0809 e. The van der Waals surface area contributed by atoms with Crippen LogP contribution in [0.4, 0.5) is 0 Å². The summed E-state index contributed by atoms with van der Waals surface area (Å²) in [7, 11) is 0. The van der Waals surface area contributed by atoms with Crippen molar-refractivity contribution >= 4 is 11.3 Å². The average Bonchev–Trinajstić information content (AvgIpc) is 2.46. The Morgan fingerprint density at radius 3 is 3.00 bits per heavy atom. The van der Waals surface area contributed by atoms with Crippen LogP contribution in [0.3, 0.4) is 0 Å². The first-order chi connectivity index (χ1) is 5.95. The minimum Gasteiger partial charge on any atom is -0.376 e. The fourth-order valence-corrected chi connectivity index (χ4v) is 2.02. The number of thiophene rings is 1. The molecule has 0 spiro atoms. The maximum atomic E-state index is 5.59. The predicted octanol–water partition coefficient (Wildman–Crippen LogP) is 3.06. The molecule has 2 rings (SSSR count). The van der Waals surface area contributed by atoms with Crippen molar-refractivity contribution in [3.8, 4) is 0 Å². The lowest BCUT2D eigenvalue weighted by Crippen LogP contribution is -2.17. The van der Waals surface area contributed by atoms with E-state index in [-0.39, 0.29) is 0 Å². The summed E-state index contributed by atoms with van der Waals surface area (Å²) in [5, 5.41) is 2.10. The standard InChI is InChI=1S/C10H14OS/c1-3-9(4-1)7-11-8-10-5-2-6-12-10/h2,5-6,9H,1,3-4,7-8H2. The molecular formula is C10H14OS. The Bertz CT molecular complexity index is 214. The van der Waals surface area contributed by atoms with E-state index in [0.717, 1.165) is 19.1 Å². The van der Waals surface area contributed by atoms with Gasteiger partial charge in [-0.2, -0.15) is 0 Å². The van der Waals surface area contributed by atoms with Crippen molar-refractivity contribution in [2.75, 3.05) is 6.61 Å². The first-order valence-electron chi connectivity index (χ1n) is 4.55. The predicted molar refractivity (Wildman–Crippen MR) is 51.3 cm³/mol. The van der Waals surface area contributed by atoms with E-state index < -0.39 is 0 Å². The van der Waals surface area contributed by atoms with Gasteiger partial charge < -0.3 is 4.74 Å². The van der Waals surface area contributed by atoms with Crippen LogP contribution in [0.5, 0.6) is 0 Å². The lowest BCUT2D eigenvalue weighted by atomic mass is 9.86. The fourth-order valence-electron chi connectivity index (χ4n) is 1.38. The number of ether oxygens (including phenoxy) is 1. The number of hydrogen-bond donors (Lipinski definition) is 0. The molecule has 0 N–H and O–H groups in total. The molecule has 1 aromatic heterocycles. The second kappa shape index (κ2) is 4.06. The lowest BCUT2D eigenvalue weighted by Gasteiger charge is -2.24. The molecule has 12 heavy (non-hydrogen) atoms. The Hall–Kier alpha value is -0.340. The molecule has 0 unspecified atom stereocenters. The zero-order valence-corrected chi connectivity index (χ0v) is 7.98. The molecule has 0 bridgehead atoms. The van der Waals surface area contributed by atoms with Gasteiger partial charge in [0.25, 0.3) is 0 Å². The highest BCUT2D eigenvalue weighted by Gasteiger charge is 2.16. The third kappa shape index (κ3) is 2.08. The molecule has 0 aliphatic heterocycles. The summed E-state index contributed by atoms with van der Waals surface area (Å²) < 4.78 is 5.59. The summed E-state index contributed by atoms with van der Waals surface area (Å²) in [5.74, 6) is 0.866. The van der Waals surface area contributed by atoms with Gasteiger partial charge in [0.1, 0.15) is 0 Å². The SMILES string of the molecule is c1csc(COCC2CCC2)c1. The molecule has 0 amide bonds. The van der Waals surface area contributed by atoms with Crippen molar-refractivity contribution in [3.63, 3.8) is 0 Å². The lowest BCUT2D eigenvalue weighted by molar-refractivity contribution is 0.0610. The Labute approximate surface area is 77.4 Å². The van der Waals surface area contributed by atoms with Gasteiger partial charge in [-0.3, -0.25) is 0 Å². The molecule has 1 aromatic rings. The highest BCUT2D eigenvalue weighted by Crippen LogP contribution is 2.26. The molecule has 1 aliphatic carbocycles. The van der Waals surface area contributed by atoms with Crippen LogP contribution in [0.2, 0.25) is 0 Å². The van der Waals surface area contributed by atoms with Crippen LogP contribution >= 0.6 is 11.3 Å². The molecule has 66 valence electrons. The highest BCUT2D eigenvalue weighted by atomic mass is 32.1. The van der Waals surface area contributed by atoms with Gasteiger partial charge >= 0.3 is 0 Å². The summed E-state index contributed by atoms with van der Waals surface area (Å²) in [6.07, 6.45) is 4.17. The molecule has 1 fully saturated rings. The Balaban J connectivity index is 1.62. The van der Waals surface area contributed by atoms with Gasteiger partial charge in [0.2, 0.25) is 0 Å². The molecular weight excluding hydrogens is 168 g/mol. The molecule has 0 aromatic carbocycles. The molecule has 0 radical (unpaired) electrons. The van der Waals surface area contributed by atoms with Crippen molar-refractivity contribution in [1.82, 2.24) is 0 Å². The van der Waals surface area contributed by atoms with Gasteiger partial charge in [-0.25, -0.2) is 0 Å². The van der Waals surface area contributed by atoms with Gasteiger partial charge in [0.15, 0.2) is 0 Å². The fraction of sp³-hybridized carbons (Fsp3) is 0.600. The molecule has 1 heterocycles. The van der Waals surface area contributed by atoms with E-state index in [0.29, 0.717) is 0 Å².